The van der Waals surface area contributed by atoms with Crippen molar-refractivity contribution in [2.75, 3.05) is 13.1 Å². The molecule has 0 saturated carbocycles. The summed E-state index contributed by atoms with van der Waals surface area (Å²) in [6.45, 7) is 7.10. The lowest BCUT2D eigenvalue weighted by atomic mass is 9.69. The molecule has 0 amide bonds. The van der Waals surface area contributed by atoms with Crippen LogP contribution in [0.15, 0.2) is 30.6 Å². The van der Waals surface area contributed by atoms with Crippen LogP contribution in [-0.2, 0) is 5.60 Å². The second kappa shape index (κ2) is 6.59. The predicted octanol–water partition coefficient (Wildman–Crippen LogP) is 4.39. The highest BCUT2D eigenvalue weighted by atomic mass is 35.5. The van der Waals surface area contributed by atoms with E-state index in [0.29, 0.717) is 29.3 Å². The van der Waals surface area contributed by atoms with Crippen LogP contribution in [0, 0.1) is 24.6 Å². The molecule has 0 bridgehead atoms. The minimum atomic E-state index is -1.20. The van der Waals surface area contributed by atoms with Crippen LogP contribution in [0.4, 0.5) is 4.39 Å². The van der Waals surface area contributed by atoms with Crippen molar-refractivity contribution in [3.63, 3.8) is 0 Å². The number of pyridine rings is 1. The quantitative estimate of drug-likeness (QED) is 0.611. The van der Waals surface area contributed by atoms with Gasteiger partial charge in [0.2, 0.25) is 0 Å². The van der Waals surface area contributed by atoms with E-state index in [9.17, 15) is 5.11 Å². The van der Waals surface area contributed by atoms with Crippen molar-refractivity contribution in [3.8, 4) is 11.1 Å². The molecule has 6 heteroatoms. The molecule has 2 aromatic heterocycles. The number of halogens is 2. The van der Waals surface area contributed by atoms with E-state index in [-0.39, 0.29) is 17.7 Å². The smallest absolute Gasteiger partial charge is 0.139 e. The minimum absolute atomic E-state index is 0.0907. The predicted molar refractivity (Wildman–Crippen MR) is 106 cm³/mol. The number of aliphatic hydroxyl groups is 1. The van der Waals surface area contributed by atoms with E-state index >= 15 is 4.39 Å². The van der Waals surface area contributed by atoms with Crippen molar-refractivity contribution >= 4 is 22.6 Å². The molecule has 1 fully saturated rings. The highest BCUT2D eigenvalue weighted by molar-refractivity contribution is 6.36. The van der Waals surface area contributed by atoms with Gasteiger partial charge in [-0.15, -0.1) is 0 Å². The maximum Gasteiger partial charge on any atom is 0.139 e. The van der Waals surface area contributed by atoms with Gasteiger partial charge in [0.05, 0.1) is 5.02 Å². The molecule has 0 aliphatic carbocycles. The van der Waals surface area contributed by atoms with Gasteiger partial charge in [0, 0.05) is 48.3 Å². The van der Waals surface area contributed by atoms with Crippen LogP contribution in [-0.4, -0.2) is 28.2 Å². The molecule has 3 atom stereocenters. The lowest BCUT2D eigenvalue weighted by Crippen LogP contribution is -2.53. The number of hydrogen-bond donors (Lipinski definition) is 3. The molecule has 1 aliphatic heterocycles. The van der Waals surface area contributed by atoms with Gasteiger partial charge in [0.1, 0.15) is 17.1 Å². The van der Waals surface area contributed by atoms with Gasteiger partial charge in [-0.1, -0.05) is 31.5 Å². The summed E-state index contributed by atoms with van der Waals surface area (Å²) < 4.78 is 15.4. The van der Waals surface area contributed by atoms with Gasteiger partial charge in [-0.2, -0.15) is 0 Å². The fraction of sp³-hybridized carbons (Fsp3) is 0.381. The molecule has 1 saturated heterocycles. The van der Waals surface area contributed by atoms with Crippen LogP contribution in [0.5, 0.6) is 0 Å². The van der Waals surface area contributed by atoms with Crippen molar-refractivity contribution < 1.29 is 9.50 Å². The maximum atomic E-state index is 15.4. The Hall–Kier alpha value is -1.95. The molecule has 0 spiro atoms. The Kier molecular flexibility index (Phi) is 4.49. The van der Waals surface area contributed by atoms with Gasteiger partial charge in [-0.3, -0.25) is 0 Å². The number of fused-ring (bicyclic) bond motifs is 1. The number of aromatic amines is 1. The number of nitrogens with zero attached hydrogens (tertiary/aromatic N) is 1. The standard InChI is InChI=1S/C21H23ClFN3O/c1-11-6-14(15-4-5-25-20-18(15)16(22)10-26-20)7-17(23)19(11)21(27)12(2)8-24-9-13(21)3/h4-7,10,12-13,24,27H,8-9H2,1-3H3,(H,25,26)/t12-,13+,21?. The molecule has 3 N–H and O–H groups in total. The molecule has 4 rings (SSSR count). The Labute approximate surface area is 162 Å². The zero-order chi connectivity index (χ0) is 19.3. The molecular formula is C21H23ClFN3O. The first-order valence-corrected chi connectivity index (χ1v) is 9.57. The van der Waals surface area contributed by atoms with Crippen LogP contribution in [0.1, 0.15) is 25.0 Å². The topological polar surface area (TPSA) is 60.9 Å². The van der Waals surface area contributed by atoms with E-state index in [1.165, 1.54) is 6.07 Å². The zero-order valence-electron chi connectivity index (χ0n) is 15.6. The monoisotopic (exact) mass is 387 g/mol. The SMILES string of the molecule is Cc1cc(-c2ccnc3[nH]cc(Cl)c23)cc(F)c1C1(O)[C@H](C)CNC[C@@H]1C. The van der Waals surface area contributed by atoms with Gasteiger partial charge >= 0.3 is 0 Å². The number of hydrogen-bond acceptors (Lipinski definition) is 3. The molecular weight excluding hydrogens is 365 g/mol. The third kappa shape index (κ3) is 2.76. The van der Waals surface area contributed by atoms with Gasteiger partial charge in [-0.25, -0.2) is 9.37 Å². The highest BCUT2D eigenvalue weighted by Gasteiger charge is 2.45. The van der Waals surface area contributed by atoms with Gasteiger partial charge < -0.3 is 15.4 Å². The van der Waals surface area contributed by atoms with Crippen LogP contribution >= 0.6 is 11.6 Å². The van der Waals surface area contributed by atoms with E-state index in [4.69, 9.17) is 11.6 Å². The minimum Gasteiger partial charge on any atom is -0.384 e. The molecule has 1 aliphatic rings. The summed E-state index contributed by atoms with van der Waals surface area (Å²) in [5, 5.41) is 16.1. The van der Waals surface area contributed by atoms with E-state index in [2.05, 4.69) is 15.3 Å². The second-order valence-corrected chi connectivity index (χ2v) is 8.06. The Morgan fingerprint density at radius 3 is 2.63 bits per heavy atom. The summed E-state index contributed by atoms with van der Waals surface area (Å²) in [7, 11) is 0. The third-order valence-corrected chi connectivity index (χ3v) is 6.23. The van der Waals surface area contributed by atoms with E-state index in [1.54, 1.807) is 12.4 Å². The Balaban J connectivity index is 1.89. The average Bonchev–Trinajstić information content (AvgIpc) is 3.00. The molecule has 4 nitrogen and oxygen atoms in total. The van der Waals surface area contributed by atoms with Gasteiger partial charge in [0.15, 0.2) is 0 Å². The van der Waals surface area contributed by atoms with Crippen molar-refractivity contribution in [2.45, 2.75) is 26.4 Å². The summed E-state index contributed by atoms with van der Waals surface area (Å²) >= 11 is 6.31. The summed E-state index contributed by atoms with van der Waals surface area (Å²) in [5.74, 6) is -0.566. The number of aryl methyl sites for hydroxylation is 1. The highest BCUT2D eigenvalue weighted by Crippen LogP contribution is 2.43. The van der Waals surface area contributed by atoms with Gasteiger partial charge in [-0.05, 0) is 35.7 Å². The number of H-pyrrole nitrogens is 1. The first kappa shape index (κ1) is 18.4. The summed E-state index contributed by atoms with van der Waals surface area (Å²) in [5.41, 5.74) is 2.15. The summed E-state index contributed by atoms with van der Waals surface area (Å²) in [6.07, 6.45) is 3.36. The molecule has 0 radical (unpaired) electrons. The van der Waals surface area contributed by atoms with Crippen molar-refractivity contribution in [1.29, 1.82) is 0 Å². The van der Waals surface area contributed by atoms with Crippen molar-refractivity contribution in [3.05, 3.63) is 52.6 Å². The van der Waals surface area contributed by atoms with E-state index in [0.717, 1.165) is 22.1 Å². The molecule has 142 valence electrons. The maximum absolute atomic E-state index is 15.4. The second-order valence-electron chi connectivity index (χ2n) is 7.65. The molecule has 27 heavy (non-hydrogen) atoms. The van der Waals surface area contributed by atoms with Crippen molar-refractivity contribution in [2.24, 2.45) is 11.8 Å². The van der Waals surface area contributed by atoms with E-state index < -0.39 is 5.60 Å². The first-order chi connectivity index (χ1) is 12.8. The van der Waals surface area contributed by atoms with Gasteiger partial charge in [0.25, 0.3) is 0 Å². The molecule has 3 heterocycles. The van der Waals surface area contributed by atoms with Crippen LogP contribution in [0.25, 0.3) is 22.2 Å². The van der Waals surface area contributed by atoms with Crippen molar-refractivity contribution in [1.82, 2.24) is 15.3 Å². The molecule has 3 aromatic rings. The Morgan fingerprint density at radius 2 is 1.96 bits per heavy atom. The Bertz CT molecular complexity index is 983. The first-order valence-electron chi connectivity index (χ1n) is 9.19. The fourth-order valence-electron chi connectivity index (χ4n) is 4.47. The van der Waals surface area contributed by atoms with Crippen LogP contribution < -0.4 is 5.32 Å². The molecule has 1 aromatic carbocycles. The lowest BCUT2D eigenvalue weighted by molar-refractivity contribution is -0.0835. The third-order valence-electron chi connectivity index (χ3n) is 5.93. The molecule has 1 unspecified atom stereocenters. The number of aromatic nitrogens is 2. The summed E-state index contributed by atoms with van der Waals surface area (Å²) in [6, 6.07) is 5.26. The number of piperidine rings is 1. The van der Waals surface area contributed by atoms with Crippen LogP contribution in [0.2, 0.25) is 5.02 Å². The van der Waals surface area contributed by atoms with Crippen LogP contribution in [0.3, 0.4) is 0 Å². The number of benzene rings is 1. The largest absolute Gasteiger partial charge is 0.384 e. The fourth-order valence-corrected chi connectivity index (χ4v) is 4.72. The zero-order valence-corrected chi connectivity index (χ0v) is 16.4. The summed E-state index contributed by atoms with van der Waals surface area (Å²) in [4.78, 5) is 7.30. The number of nitrogens with one attached hydrogen (secondary N) is 2. The van der Waals surface area contributed by atoms with E-state index in [1.807, 2.05) is 32.9 Å². The normalized spacial score (nSPS) is 25.9. The average molecular weight is 388 g/mol. The Morgan fingerprint density at radius 1 is 1.26 bits per heavy atom. The lowest BCUT2D eigenvalue weighted by Gasteiger charge is -2.45. The number of rotatable bonds is 2.